The zero-order valence-corrected chi connectivity index (χ0v) is 10.1. The molecule has 18 heavy (non-hydrogen) atoms. The highest BCUT2D eigenvalue weighted by molar-refractivity contribution is 5.76. The number of hydrogen-bond donors (Lipinski definition) is 2. The fraction of sp³-hybridized carbons (Fsp3) is 0.583. The summed E-state index contributed by atoms with van der Waals surface area (Å²) in [6.07, 6.45) is 6.51. The predicted molar refractivity (Wildman–Crippen MR) is 64.9 cm³/mol. The summed E-state index contributed by atoms with van der Waals surface area (Å²) in [4.78, 5) is 26.8. The van der Waals surface area contributed by atoms with Crippen LogP contribution in [0.5, 0.6) is 0 Å². The molecule has 6 heteroatoms. The van der Waals surface area contributed by atoms with Gasteiger partial charge in [-0.05, 0) is 18.9 Å². The number of aliphatic hydroxyl groups is 1. The molecule has 1 aliphatic rings. The quantitative estimate of drug-likeness (QED) is 0.767. The lowest BCUT2D eigenvalue weighted by Gasteiger charge is -2.28. The second kappa shape index (κ2) is 5.30. The normalized spacial score (nSPS) is 17.6. The first kappa shape index (κ1) is 12.8. The summed E-state index contributed by atoms with van der Waals surface area (Å²) < 4.78 is 1.25. The van der Waals surface area contributed by atoms with Gasteiger partial charge in [0.1, 0.15) is 6.54 Å². The second-order valence-corrected chi connectivity index (χ2v) is 4.72. The molecular formula is C12H17N3O3. The van der Waals surface area contributed by atoms with E-state index in [1.165, 1.54) is 17.0 Å². The molecule has 0 aromatic carbocycles. The molecule has 1 saturated carbocycles. The van der Waals surface area contributed by atoms with Crippen molar-refractivity contribution in [2.24, 2.45) is 0 Å². The Kier molecular flexibility index (Phi) is 3.76. The SMILES string of the molecule is O=C(Cn1cccnc1=O)NC1(CO)CCCC1. The minimum Gasteiger partial charge on any atom is -0.394 e. The molecule has 0 saturated heterocycles. The molecule has 0 unspecified atom stereocenters. The predicted octanol–water partition coefficient (Wildman–Crippen LogP) is -0.335. The fourth-order valence-electron chi connectivity index (χ4n) is 2.37. The summed E-state index contributed by atoms with van der Waals surface area (Å²) in [5.41, 5.74) is -0.944. The number of carbonyl (C=O) groups excluding carboxylic acids is 1. The molecule has 0 atom stereocenters. The molecule has 1 heterocycles. The van der Waals surface area contributed by atoms with Crippen LogP contribution in [0.15, 0.2) is 23.3 Å². The number of amides is 1. The third-order valence-electron chi connectivity index (χ3n) is 3.36. The molecular weight excluding hydrogens is 234 g/mol. The Balaban J connectivity index is 2.01. The molecule has 2 rings (SSSR count). The van der Waals surface area contributed by atoms with Crippen LogP contribution >= 0.6 is 0 Å². The van der Waals surface area contributed by atoms with E-state index in [1.807, 2.05) is 0 Å². The lowest BCUT2D eigenvalue weighted by Crippen LogP contribution is -2.50. The largest absolute Gasteiger partial charge is 0.394 e. The molecule has 0 bridgehead atoms. The van der Waals surface area contributed by atoms with Gasteiger partial charge in [-0.15, -0.1) is 0 Å². The van der Waals surface area contributed by atoms with E-state index in [4.69, 9.17) is 0 Å². The molecule has 0 spiro atoms. The summed E-state index contributed by atoms with van der Waals surface area (Å²) in [5, 5.41) is 12.2. The standard InChI is InChI=1S/C12H17N3O3/c16-9-12(4-1-2-5-12)14-10(17)8-15-7-3-6-13-11(15)18/h3,6-7,16H,1-2,4-5,8-9H2,(H,14,17). The van der Waals surface area contributed by atoms with E-state index in [2.05, 4.69) is 10.3 Å². The molecule has 1 aromatic rings. The van der Waals surface area contributed by atoms with Gasteiger partial charge in [0, 0.05) is 12.4 Å². The maximum Gasteiger partial charge on any atom is 0.347 e. The molecule has 0 aliphatic heterocycles. The van der Waals surface area contributed by atoms with Crippen LogP contribution in [0.2, 0.25) is 0 Å². The number of nitrogens with one attached hydrogen (secondary N) is 1. The van der Waals surface area contributed by atoms with Gasteiger partial charge in [0.15, 0.2) is 0 Å². The Bertz CT molecular complexity index is 477. The third kappa shape index (κ3) is 2.76. The highest BCUT2D eigenvalue weighted by atomic mass is 16.3. The second-order valence-electron chi connectivity index (χ2n) is 4.72. The minimum atomic E-state index is -0.497. The van der Waals surface area contributed by atoms with E-state index in [9.17, 15) is 14.7 Å². The topological polar surface area (TPSA) is 84.2 Å². The van der Waals surface area contributed by atoms with E-state index in [-0.39, 0.29) is 19.1 Å². The van der Waals surface area contributed by atoms with Crippen molar-refractivity contribution in [1.82, 2.24) is 14.9 Å². The molecule has 1 amide bonds. The van der Waals surface area contributed by atoms with Gasteiger partial charge >= 0.3 is 5.69 Å². The maximum absolute atomic E-state index is 11.9. The number of hydrogen-bond acceptors (Lipinski definition) is 4. The summed E-state index contributed by atoms with van der Waals surface area (Å²) in [5.74, 6) is -0.263. The van der Waals surface area contributed by atoms with Crippen LogP contribution in [0.25, 0.3) is 0 Å². The molecule has 1 fully saturated rings. The summed E-state index contributed by atoms with van der Waals surface area (Å²) in [6.45, 7) is -0.116. The number of carbonyl (C=O) groups is 1. The zero-order chi connectivity index (χ0) is 13.0. The molecule has 1 aromatic heterocycles. The molecule has 0 radical (unpaired) electrons. The lowest BCUT2D eigenvalue weighted by atomic mass is 9.99. The molecule has 98 valence electrons. The van der Waals surface area contributed by atoms with Crippen molar-refractivity contribution >= 4 is 5.91 Å². The smallest absolute Gasteiger partial charge is 0.347 e. The van der Waals surface area contributed by atoms with Crippen molar-refractivity contribution in [3.63, 3.8) is 0 Å². The molecule has 6 nitrogen and oxygen atoms in total. The lowest BCUT2D eigenvalue weighted by molar-refractivity contribution is -0.124. The van der Waals surface area contributed by atoms with Gasteiger partial charge in [-0.3, -0.25) is 9.36 Å². The number of rotatable bonds is 4. The Morgan fingerprint density at radius 1 is 1.50 bits per heavy atom. The average molecular weight is 251 g/mol. The minimum absolute atomic E-state index is 0.0549. The first-order valence-corrected chi connectivity index (χ1v) is 6.09. The highest BCUT2D eigenvalue weighted by Gasteiger charge is 2.34. The number of aromatic nitrogens is 2. The number of nitrogens with zero attached hydrogens (tertiary/aromatic N) is 2. The van der Waals surface area contributed by atoms with Gasteiger partial charge in [0.25, 0.3) is 0 Å². The van der Waals surface area contributed by atoms with E-state index in [0.29, 0.717) is 0 Å². The summed E-state index contributed by atoms with van der Waals surface area (Å²) in [6, 6.07) is 1.60. The fourth-order valence-corrected chi connectivity index (χ4v) is 2.37. The van der Waals surface area contributed by atoms with Crippen LogP contribution in [-0.2, 0) is 11.3 Å². The van der Waals surface area contributed by atoms with Gasteiger partial charge in [-0.1, -0.05) is 12.8 Å². The van der Waals surface area contributed by atoms with E-state index in [1.54, 1.807) is 6.07 Å². The van der Waals surface area contributed by atoms with Crippen LogP contribution in [0.1, 0.15) is 25.7 Å². The first-order chi connectivity index (χ1) is 8.65. The number of aliphatic hydroxyl groups excluding tert-OH is 1. The van der Waals surface area contributed by atoms with Crippen molar-refractivity contribution in [1.29, 1.82) is 0 Å². The van der Waals surface area contributed by atoms with Crippen molar-refractivity contribution < 1.29 is 9.90 Å². The van der Waals surface area contributed by atoms with Gasteiger partial charge < -0.3 is 10.4 Å². The zero-order valence-electron chi connectivity index (χ0n) is 10.1. The third-order valence-corrected chi connectivity index (χ3v) is 3.36. The van der Waals surface area contributed by atoms with Crippen molar-refractivity contribution in [2.45, 2.75) is 37.8 Å². The Hall–Kier alpha value is -1.69. The van der Waals surface area contributed by atoms with Gasteiger partial charge in [-0.25, -0.2) is 9.78 Å². The van der Waals surface area contributed by atoms with Gasteiger partial charge in [0.05, 0.1) is 12.1 Å². The highest BCUT2D eigenvalue weighted by Crippen LogP contribution is 2.28. The van der Waals surface area contributed by atoms with Crippen LogP contribution in [0, 0.1) is 0 Å². The monoisotopic (exact) mass is 251 g/mol. The molecule has 2 N–H and O–H groups in total. The van der Waals surface area contributed by atoms with Crippen LogP contribution in [0.4, 0.5) is 0 Å². The summed E-state index contributed by atoms with van der Waals surface area (Å²) in [7, 11) is 0. The van der Waals surface area contributed by atoms with Gasteiger partial charge in [0.2, 0.25) is 5.91 Å². The Labute approximate surface area is 105 Å². The van der Waals surface area contributed by atoms with E-state index < -0.39 is 11.2 Å². The molecule has 1 aliphatic carbocycles. The van der Waals surface area contributed by atoms with Crippen molar-refractivity contribution in [2.75, 3.05) is 6.61 Å². The summed E-state index contributed by atoms with van der Waals surface area (Å²) >= 11 is 0. The van der Waals surface area contributed by atoms with E-state index in [0.717, 1.165) is 25.7 Å². The van der Waals surface area contributed by atoms with Crippen molar-refractivity contribution in [3.8, 4) is 0 Å². The van der Waals surface area contributed by atoms with Crippen LogP contribution < -0.4 is 11.0 Å². The van der Waals surface area contributed by atoms with Crippen LogP contribution in [0.3, 0.4) is 0 Å². The van der Waals surface area contributed by atoms with E-state index >= 15 is 0 Å². The van der Waals surface area contributed by atoms with Crippen molar-refractivity contribution in [3.05, 3.63) is 28.9 Å². The Morgan fingerprint density at radius 2 is 2.22 bits per heavy atom. The average Bonchev–Trinajstić information content (AvgIpc) is 2.81. The first-order valence-electron chi connectivity index (χ1n) is 6.09. The van der Waals surface area contributed by atoms with Crippen LogP contribution in [-0.4, -0.2) is 32.7 Å². The maximum atomic E-state index is 11.9. The Morgan fingerprint density at radius 3 is 2.83 bits per heavy atom. The van der Waals surface area contributed by atoms with Gasteiger partial charge in [-0.2, -0.15) is 0 Å².